The number of pyridine rings is 1. The van der Waals surface area contributed by atoms with Crippen molar-refractivity contribution in [1.29, 1.82) is 0 Å². The highest BCUT2D eigenvalue weighted by molar-refractivity contribution is 7.91. The van der Waals surface area contributed by atoms with E-state index in [-0.39, 0.29) is 29.9 Å². The first kappa shape index (κ1) is 22.1. The average molecular weight is 459 g/mol. The summed E-state index contributed by atoms with van der Waals surface area (Å²) in [5.74, 6) is 1.14. The lowest BCUT2D eigenvalue weighted by Gasteiger charge is -2.18. The maximum absolute atomic E-state index is 12.7. The molecular formula is C21H26N6O4S. The lowest BCUT2D eigenvalue weighted by atomic mass is 10.1. The van der Waals surface area contributed by atoms with Crippen molar-refractivity contribution in [3.63, 3.8) is 0 Å². The van der Waals surface area contributed by atoms with E-state index in [0.29, 0.717) is 31.1 Å². The Hall–Kier alpha value is -3.08. The molecule has 0 N–H and O–H groups in total. The first-order chi connectivity index (χ1) is 15.2. The predicted molar refractivity (Wildman–Crippen MR) is 116 cm³/mol. The molecule has 1 aliphatic heterocycles. The Labute approximate surface area is 186 Å². The molecule has 1 fully saturated rings. The van der Waals surface area contributed by atoms with Gasteiger partial charge < -0.3 is 9.42 Å². The summed E-state index contributed by atoms with van der Waals surface area (Å²) in [6, 6.07) is 3.44. The number of nitrogens with zero attached hydrogens (tertiary/aromatic N) is 6. The minimum atomic E-state index is -3.00. The highest BCUT2D eigenvalue weighted by atomic mass is 32.2. The molecule has 1 atom stereocenters. The van der Waals surface area contributed by atoms with Crippen molar-refractivity contribution in [3.8, 4) is 11.4 Å². The minimum Gasteiger partial charge on any atom is -0.341 e. The van der Waals surface area contributed by atoms with E-state index in [0.717, 1.165) is 22.5 Å². The maximum Gasteiger partial charge on any atom is 0.227 e. The van der Waals surface area contributed by atoms with Crippen LogP contribution in [0.5, 0.6) is 0 Å². The first-order valence-electron chi connectivity index (χ1n) is 10.5. The third-order valence-corrected chi connectivity index (χ3v) is 7.56. The van der Waals surface area contributed by atoms with Crippen LogP contribution in [0.25, 0.3) is 11.4 Å². The topological polar surface area (TPSA) is 124 Å². The molecule has 0 saturated carbocycles. The SMILES string of the molecule is Cc1nn(C2CCS(=O)(=O)C2)c(C)c1CN(C)C(=O)CCc1nc(-c2ccncc2)no1. The molecule has 0 aromatic carbocycles. The van der Waals surface area contributed by atoms with E-state index in [2.05, 4.69) is 20.2 Å². The molecule has 11 heteroatoms. The molecule has 1 amide bonds. The maximum atomic E-state index is 12.7. The van der Waals surface area contributed by atoms with Gasteiger partial charge >= 0.3 is 0 Å². The molecule has 170 valence electrons. The molecule has 1 aliphatic rings. The number of hydrogen-bond donors (Lipinski definition) is 0. The van der Waals surface area contributed by atoms with Crippen molar-refractivity contribution in [2.75, 3.05) is 18.6 Å². The lowest BCUT2D eigenvalue weighted by molar-refractivity contribution is -0.130. The summed E-state index contributed by atoms with van der Waals surface area (Å²) in [5, 5.41) is 8.53. The third kappa shape index (κ3) is 4.72. The molecule has 0 bridgehead atoms. The minimum absolute atomic E-state index is 0.0522. The highest BCUT2D eigenvalue weighted by Gasteiger charge is 2.31. The Morgan fingerprint density at radius 3 is 2.72 bits per heavy atom. The number of amides is 1. The van der Waals surface area contributed by atoms with Gasteiger partial charge in [0.25, 0.3) is 0 Å². The zero-order valence-electron chi connectivity index (χ0n) is 18.4. The molecule has 1 unspecified atom stereocenters. The van der Waals surface area contributed by atoms with E-state index in [1.807, 2.05) is 18.5 Å². The fourth-order valence-electron chi connectivity index (χ4n) is 3.95. The number of carbonyl (C=O) groups is 1. The summed E-state index contributed by atoms with van der Waals surface area (Å²) in [5.41, 5.74) is 3.47. The Balaban J connectivity index is 1.37. The van der Waals surface area contributed by atoms with Crippen LogP contribution in [0.2, 0.25) is 0 Å². The van der Waals surface area contributed by atoms with Gasteiger partial charge in [-0.1, -0.05) is 5.16 Å². The summed E-state index contributed by atoms with van der Waals surface area (Å²) in [6.07, 6.45) is 4.47. The van der Waals surface area contributed by atoms with Crippen LogP contribution in [0, 0.1) is 13.8 Å². The van der Waals surface area contributed by atoms with Crippen LogP contribution in [0.1, 0.15) is 41.7 Å². The Morgan fingerprint density at radius 1 is 1.28 bits per heavy atom. The van der Waals surface area contributed by atoms with E-state index < -0.39 is 9.84 Å². The monoisotopic (exact) mass is 458 g/mol. The van der Waals surface area contributed by atoms with Crippen molar-refractivity contribution >= 4 is 15.7 Å². The Morgan fingerprint density at radius 2 is 2.03 bits per heavy atom. The van der Waals surface area contributed by atoms with E-state index in [4.69, 9.17) is 4.52 Å². The number of rotatable bonds is 7. The normalized spacial score (nSPS) is 17.5. The third-order valence-electron chi connectivity index (χ3n) is 5.81. The van der Waals surface area contributed by atoms with E-state index in [9.17, 15) is 13.2 Å². The van der Waals surface area contributed by atoms with Crippen LogP contribution in [0.3, 0.4) is 0 Å². The molecule has 10 nitrogen and oxygen atoms in total. The van der Waals surface area contributed by atoms with Crippen LogP contribution in [-0.2, 0) is 27.6 Å². The molecule has 3 aromatic heterocycles. The molecule has 0 radical (unpaired) electrons. The first-order valence-corrected chi connectivity index (χ1v) is 12.3. The second-order valence-corrected chi connectivity index (χ2v) is 10.4. The summed E-state index contributed by atoms with van der Waals surface area (Å²) in [4.78, 5) is 22.6. The van der Waals surface area contributed by atoms with Gasteiger partial charge in [0, 0.05) is 55.6 Å². The quantitative estimate of drug-likeness (QED) is 0.526. The van der Waals surface area contributed by atoms with Crippen molar-refractivity contribution in [2.24, 2.45) is 0 Å². The number of aryl methyl sites for hydroxylation is 2. The van der Waals surface area contributed by atoms with Crippen molar-refractivity contribution in [3.05, 3.63) is 47.4 Å². The fourth-order valence-corrected chi connectivity index (χ4v) is 5.65. The van der Waals surface area contributed by atoms with Crippen molar-refractivity contribution in [1.82, 2.24) is 29.8 Å². The molecule has 0 aliphatic carbocycles. The lowest BCUT2D eigenvalue weighted by Crippen LogP contribution is -2.27. The number of hydrogen-bond acceptors (Lipinski definition) is 8. The Kier molecular flexibility index (Phi) is 6.09. The largest absolute Gasteiger partial charge is 0.341 e. The zero-order valence-corrected chi connectivity index (χ0v) is 19.2. The van der Waals surface area contributed by atoms with Gasteiger partial charge in [0.2, 0.25) is 17.6 Å². The summed E-state index contributed by atoms with van der Waals surface area (Å²) in [6.45, 7) is 4.22. The smallest absolute Gasteiger partial charge is 0.227 e. The molecule has 1 saturated heterocycles. The predicted octanol–water partition coefficient (Wildman–Crippen LogP) is 1.90. The number of carbonyl (C=O) groups excluding carboxylic acids is 1. The summed E-state index contributed by atoms with van der Waals surface area (Å²) < 4.78 is 30.8. The average Bonchev–Trinajstić information content (AvgIpc) is 3.46. The van der Waals surface area contributed by atoms with Gasteiger partial charge in [-0.05, 0) is 32.4 Å². The van der Waals surface area contributed by atoms with Gasteiger partial charge in [-0.2, -0.15) is 10.1 Å². The van der Waals surface area contributed by atoms with Gasteiger partial charge in [0.15, 0.2) is 9.84 Å². The van der Waals surface area contributed by atoms with E-state index >= 15 is 0 Å². The highest BCUT2D eigenvalue weighted by Crippen LogP contribution is 2.27. The molecule has 3 aromatic rings. The zero-order chi connectivity index (χ0) is 22.9. The van der Waals surface area contributed by atoms with Gasteiger partial charge in [0.1, 0.15) is 0 Å². The fraction of sp³-hybridized carbons (Fsp3) is 0.476. The number of sulfone groups is 1. The van der Waals surface area contributed by atoms with Gasteiger partial charge in [-0.3, -0.25) is 14.5 Å². The van der Waals surface area contributed by atoms with Gasteiger partial charge in [-0.25, -0.2) is 8.42 Å². The van der Waals surface area contributed by atoms with Crippen LogP contribution >= 0.6 is 0 Å². The molecular weight excluding hydrogens is 432 g/mol. The van der Waals surface area contributed by atoms with E-state index in [1.165, 1.54) is 0 Å². The van der Waals surface area contributed by atoms with Gasteiger partial charge in [-0.15, -0.1) is 0 Å². The second kappa shape index (κ2) is 8.81. The van der Waals surface area contributed by atoms with E-state index in [1.54, 1.807) is 36.5 Å². The van der Waals surface area contributed by atoms with Crippen LogP contribution in [0.4, 0.5) is 0 Å². The van der Waals surface area contributed by atoms with Crippen molar-refractivity contribution in [2.45, 2.75) is 45.7 Å². The Bertz CT molecular complexity index is 1220. The molecule has 32 heavy (non-hydrogen) atoms. The second-order valence-electron chi connectivity index (χ2n) is 8.15. The van der Waals surface area contributed by atoms with Crippen molar-refractivity contribution < 1.29 is 17.7 Å². The number of aromatic nitrogens is 5. The van der Waals surface area contributed by atoms with Crippen LogP contribution < -0.4 is 0 Å². The molecule has 4 heterocycles. The molecule has 0 spiro atoms. The van der Waals surface area contributed by atoms with Crippen LogP contribution in [-0.4, -0.2) is 62.7 Å². The molecule has 4 rings (SSSR count). The summed E-state index contributed by atoms with van der Waals surface area (Å²) in [7, 11) is -1.25. The summed E-state index contributed by atoms with van der Waals surface area (Å²) >= 11 is 0. The standard InChI is InChI=1S/C21H26N6O4S/c1-14-18(15(2)27(24-14)17-8-11-32(29,30)13-17)12-26(3)20(28)5-4-19-23-21(25-31-19)16-6-9-22-10-7-16/h6-7,9-10,17H,4-5,8,11-13H2,1-3H3. The van der Waals surface area contributed by atoms with Crippen LogP contribution in [0.15, 0.2) is 29.0 Å². The van der Waals surface area contributed by atoms with Gasteiger partial charge in [0.05, 0.1) is 23.2 Å².